The van der Waals surface area contributed by atoms with Crippen LogP contribution in [0.1, 0.15) is 22.5 Å². The van der Waals surface area contributed by atoms with Gasteiger partial charge in [-0.05, 0) is 36.3 Å². The zero-order valence-corrected chi connectivity index (χ0v) is 16.9. The first-order chi connectivity index (χ1) is 15.1. The first-order valence-corrected chi connectivity index (χ1v) is 10.0. The van der Waals surface area contributed by atoms with E-state index in [0.29, 0.717) is 23.0 Å². The quantitative estimate of drug-likeness (QED) is 0.754. The van der Waals surface area contributed by atoms with E-state index in [-0.39, 0.29) is 11.6 Å². The highest BCUT2D eigenvalue weighted by molar-refractivity contribution is 6.12. The van der Waals surface area contributed by atoms with E-state index in [1.54, 1.807) is 18.3 Å². The molecule has 1 saturated heterocycles. The molecule has 3 aliphatic rings. The van der Waals surface area contributed by atoms with Crippen molar-refractivity contribution in [2.45, 2.75) is 12.5 Å². The fourth-order valence-corrected chi connectivity index (χ4v) is 4.33. The number of rotatable bonds is 4. The van der Waals surface area contributed by atoms with E-state index in [0.717, 1.165) is 30.8 Å². The monoisotopic (exact) mass is 416 g/mol. The minimum atomic E-state index is -0.702. The van der Waals surface area contributed by atoms with E-state index >= 15 is 0 Å². The van der Waals surface area contributed by atoms with E-state index in [4.69, 9.17) is 9.73 Å². The maximum Gasteiger partial charge on any atom is 0.356 e. The van der Waals surface area contributed by atoms with Crippen molar-refractivity contribution in [1.82, 2.24) is 19.9 Å². The van der Waals surface area contributed by atoms with Crippen LogP contribution in [0, 0.1) is 5.92 Å². The topological polar surface area (TPSA) is 110 Å². The van der Waals surface area contributed by atoms with Crippen LogP contribution in [0.4, 0.5) is 5.82 Å². The van der Waals surface area contributed by atoms with Gasteiger partial charge >= 0.3 is 5.97 Å². The van der Waals surface area contributed by atoms with Crippen LogP contribution in [0.3, 0.4) is 0 Å². The summed E-state index contributed by atoms with van der Waals surface area (Å²) in [5.74, 6) is -0.112. The van der Waals surface area contributed by atoms with Crippen molar-refractivity contribution in [3.63, 3.8) is 0 Å². The molecule has 0 aromatic carbocycles. The van der Waals surface area contributed by atoms with Crippen LogP contribution in [0.15, 0.2) is 65.3 Å². The second-order valence-corrected chi connectivity index (χ2v) is 7.52. The molecule has 2 bridgehead atoms. The lowest BCUT2D eigenvalue weighted by molar-refractivity contribution is -0.116. The lowest BCUT2D eigenvalue weighted by Gasteiger charge is -2.23. The number of anilines is 1. The fraction of sp³-hybridized carbons (Fsp3) is 0.273. The number of fused-ring (bicyclic) bond motifs is 4. The highest BCUT2D eigenvalue weighted by Gasteiger charge is 2.42. The zero-order chi connectivity index (χ0) is 21.4. The number of ether oxygens (including phenoxy) is 1. The van der Waals surface area contributed by atoms with Gasteiger partial charge in [0.2, 0.25) is 0 Å². The average molecular weight is 416 g/mol. The Bertz CT molecular complexity index is 1140. The molecule has 9 heteroatoms. The van der Waals surface area contributed by atoms with Crippen LogP contribution in [0.25, 0.3) is 0 Å². The number of amides is 1. The molecule has 0 aliphatic carbocycles. The molecule has 2 atom stereocenters. The zero-order valence-electron chi connectivity index (χ0n) is 16.9. The fourth-order valence-electron chi connectivity index (χ4n) is 4.33. The maximum absolute atomic E-state index is 13.3. The highest BCUT2D eigenvalue weighted by atomic mass is 16.5. The third kappa shape index (κ3) is 3.48. The van der Waals surface area contributed by atoms with Crippen LogP contribution in [-0.2, 0) is 9.53 Å². The molecular formula is C22H20N6O3. The summed E-state index contributed by atoms with van der Waals surface area (Å²) in [6.07, 6.45) is 11.0. The van der Waals surface area contributed by atoms with Gasteiger partial charge in [-0.15, -0.1) is 0 Å². The number of carbonyl (C=O) groups is 2. The molecular weight excluding hydrogens is 396 g/mol. The number of allylic oxidation sites excluding steroid dienone is 2. The number of hydrogen-bond donors (Lipinski definition) is 1. The normalized spacial score (nSPS) is 21.5. The van der Waals surface area contributed by atoms with Crippen molar-refractivity contribution in [3.05, 3.63) is 71.6 Å². The van der Waals surface area contributed by atoms with Crippen molar-refractivity contribution in [2.75, 3.05) is 25.5 Å². The summed E-state index contributed by atoms with van der Waals surface area (Å²) in [5, 5.41) is 2.84. The van der Waals surface area contributed by atoms with Gasteiger partial charge in [0.1, 0.15) is 5.69 Å². The molecule has 0 radical (unpaired) electrons. The molecule has 1 N–H and O–H groups in total. The number of aromatic nitrogens is 3. The highest BCUT2D eigenvalue weighted by Crippen LogP contribution is 2.41. The Balaban J connectivity index is 1.54. The summed E-state index contributed by atoms with van der Waals surface area (Å²) >= 11 is 0. The predicted molar refractivity (Wildman–Crippen MR) is 112 cm³/mol. The molecule has 2 aromatic rings. The Morgan fingerprint density at radius 1 is 1.19 bits per heavy atom. The minimum absolute atomic E-state index is 0.185. The van der Waals surface area contributed by atoms with Gasteiger partial charge in [-0.25, -0.2) is 14.8 Å². The van der Waals surface area contributed by atoms with E-state index < -0.39 is 12.0 Å². The second kappa shape index (κ2) is 7.75. The molecule has 1 amide bonds. The van der Waals surface area contributed by atoms with Crippen molar-refractivity contribution in [2.24, 2.45) is 10.9 Å². The number of pyridine rings is 1. The Kier molecular flexibility index (Phi) is 4.78. The van der Waals surface area contributed by atoms with E-state index in [9.17, 15) is 9.59 Å². The SMILES string of the molecule is COC(=O)c1cc(C2=NC(C(=O)Nc3cnccn3)C3=C(C=C2)N2CC[C@@H]3C2)ccn1. The predicted octanol–water partition coefficient (Wildman–Crippen LogP) is 1.61. The number of nitrogens with one attached hydrogen (secondary N) is 1. The standard InChI is InChI=1S/C22H20N6O3/c1-31-22(30)16-10-13(4-6-24-16)15-2-3-17-19(14-5-9-28(17)12-14)20(26-15)21(29)27-18-11-23-7-8-25-18/h2-4,6-8,10-11,14,20H,5,9,12H2,1H3,(H,25,27,29)/t14-,20?/m1/s1. The summed E-state index contributed by atoms with van der Waals surface area (Å²) in [4.78, 5) is 44.5. The van der Waals surface area contributed by atoms with Gasteiger partial charge in [0, 0.05) is 48.9 Å². The van der Waals surface area contributed by atoms with Crippen LogP contribution < -0.4 is 5.32 Å². The molecule has 156 valence electrons. The average Bonchev–Trinajstić information content (AvgIpc) is 3.35. The lowest BCUT2D eigenvalue weighted by Crippen LogP contribution is -2.32. The van der Waals surface area contributed by atoms with E-state index in [1.165, 1.54) is 25.7 Å². The first-order valence-electron chi connectivity index (χ1n) is 10.0. The van der Waals surface area contributed by atoms with Crippen molar-refractivity contribution in [1.29, 1.82) is 0 Å². The number of aliphatic imine (C=N–C) groups is 1. The van der Waals surface area contributed by atoms with Crippen molar-refractivity contribution < 1.29 is 14.3 Å². The van der Waals surface area contributed by atoms with Crippen LogP contribution in [-0.4, -0.2) is 63.7 Å². The van der Waals surface area contributed by atoms with Crippen LogP contribution in [0.2, 0.25) is 0 Å². The summed E-state index contributed by atoms with van der Waals surface area (Å²) in [6, 6.07) is 2.68. The lowest BCUT2D eigenvalue weighted by atomic mass is 9.90. The number of carbonyl (C=O) groups excluding carboxylic acids is 2. The number of methoxy groups -OCH3 is 1. The molecule has 1 unspecified atom stereocenters. The largest absolute Gasteiger partial charge is 0.464 e. The minimum Gasteiger partial charge on any atom is -0.464 e. The maximum atomic E-state index is 13.3. The molecule has 2 aromatic heterocycles. The summed E-state index contributed by atoms with van der Waals surface area (Å²) in [6.45, 7) is 1.89. The van der Waals surface area contributed by atoms with Gasteiger partial charge in [-0.2, -0.15) is 0 Å². The molecule has 5 heterocycles. The summed E-state index contributed by atoms with van der Waals surface area (Å²) in [7, 11) is 1.31. The summed E-state index contributed by atoms with van der Waals surface area (Å²) in [5.41, 5.74) is 3.55. The van der Waals surface area contributed by atoms with Gasteiger partial charge in [0.05, 0.1) is 19.0 Å². The molecule has 0 saturated carbocycles. The van der Waals surface area contributed by atoms with Crippen molar-refractivity contribution in [3.8, 4) is 0 Å². The molecule has 31 heavy (non-hydrogen) atoms. The molecule has 5 rings (SSSR count). The van der Waals surface area contributed by atoms with E-state index in [2.05, 4.69) is 25.2 Å². The van der Waals surface area contributed by atoms with Gasteiger partial charge in [-0.3, -0.25) is 14.8 Å². The molecule has 0 spiro atoms. The first kappa shape index (κ1) is 19.1. The smallest absolute Gasteiger partial charge is 0.356 e. The van der Waals surface area contributed by atoms with Crippen LogP contribution in [0.5, 0.6) is 0 Å². The number of esters is 1. The second-order valence-electron chi connectivity index (χ2n) is 7.52. The molecule has 3 aliphatic heterocycles. The van der Waals surface area contributed by atoms with E-state index in [1.807, 2.05) is 12.2 Å². The Morgan fingerprint density at radius 3 is 2.90 bits per heavy atom. The summed E-state index contributed by atoms with van der Waals surface area (Å²) < 4.78 is 4.77. The number of hydrogen-bond acceptors (Lipinski definition) is 8. The molecule has 1 fully saturated rings. The Labute approximate surface area is 178 Å². The van der Waals surface area contributed by atoms with Crippen LogP contribution >= 0.6 is 0 Å². The third-order valence-corrected chi connectivity index (χ3v) is 5.74. The van der Waals surface area contributed by atoms with Crippen molar-refractivity contribution >= 4 is 23.4 Å². The number of nitrogens with zero attached hydrogens (tertiary/aromatic N) is 5. The van der Waals surface area contributed by atoms with Gasteiger partial charge in [0.15, 0.2) is 11.9 Å². The van der Waals surface area contributed by atoms with Gasteiger partial charge in [0.25, 0.3) is 5.91 Å². The Hall–Kier alpha value is -3.88. The molecule has 9 nitrogen and oxygen atoms in total. The van der Waals surface area contributed by atoms with Gasteiger partial charge < -0.3 is 15.0 Å². The van der Waals surface area contributed by atoms with Gasteiger partial charge in [-0.1, -0.05) is 0 Å². The third-order valence-electron chi connectivity index (χ3n) is 5.74. The Morgan fingerprint density at radius 2 is 2.10 bits per heavy atom.